The molecule has 1 unspecified atom stereocenters. The SMILES string of the molecule is CCC(C(N)=S)N1CCN(c2cncc3nnnn23)CC1. The Labute approximate surface area is 127 Å². The normalized spacial score (nSPS) is 18.0. The summed E-state index contributed by atoms with van der Waals surface area (Å²) < 4.78 is 1.72. The largest absolute Gasteiger partial charge is 0.392 e. The van der Waals surface area contributed by atoms with Gasteiger partial charge in [-0.2, -0.15) is 4.52 Å². The van der Waals surface area contributed by atoms with Crippen molar-refractivity contribution in [2.75, 3.05) is 31.1 Å². The van der Waals surface area contributed by atoms with Crippen molar-refractivity contribution < 1.29 is 0 Å². The average Bonchev–Trinajstić information content (AvgIpc) is 2.97. The number of piperazine rings is 1. The zero-order valence-electron chi connectivity index (χ0n) is 11.9. The van der Waals surface area contributed by atoms with Crippen LogP contribution in [0, 0.1) is 0 Å². The molecular weight excluding hydrogens is 288 g/mol. The van der Waals surface area contributed by atoms with Gasteiger partial charge in [0.05, 0.1) is 23.4 Å². The van der Waals surface area contributed by atoms with E-state index in [2.05, 4.69) is 37.2 Å². The van der Waals surface area contributed by atoms with Crippen LogP contribution < -0.4 is 10.6 Å². The van der Waals surface area contributed by atoms with Gasteiger partial charge < -0.3 is 10.6 Å². The molecule has 0 aliphatic carbocycles. The standard InChI is InChI=1S/C12H18N8S/c1-2-9(12(13)21)18-3-5-19(6-4-18)11-8-14-7-10-15-16-17-20(10)11/h7-9H,2-6H2,1H3,(H2,13,21). The summed E-state index contributed by atoms with van der Waals surface area (Å²) in [5.74, 6) is 0.917. The lowest BCUT2D eigenvalue weighted by atomic mass is 10.1. The summed E-state index contributed by atoms with van der Waals surface area (Å²) >= 11 is 5.15. The third-order valence-corrected chi connectivity index (χ3v) is 4.16. The number of fused-ring (bicyclic) bond motifs is 1. The zero-order valence-corrected chi connectivity index (χ0v) is 12.7. The van der Waals surface area contributed by atoms with Gasteiger partial charge in [0.1, 0.15) is 0 Å². The lowest BCUT2D eigenvalue weighted by Gasteiger charge is -2.39. The highest BCUT2D eigenvalue weighted by Crippen LogP contribution is 2.17. The molecule has 2 N–H and O–H groups in total. The van der Waals surface area contributed by atoms with Gasteiger partial charge in [-0.3, -0.25) is 9.88 Å². The predicted octanol–water partition coefficient (Wildman–Crippen LogP) is -0.294. The molecule has 1 aliphatic rings. The first-order chi connectivity index (χ1) is 10.2. The summed E-state index contributed by atoms with van der Waals surface area (Å²) in [6.07, 6.45) is 4.39. The van der Waals surface area contributed by atoms with Gasteiger partial charge in [-0.25, -0.2) is 0 Å². The van der Waals surface area contributed by atoms with Gasteiger partial charge in [0.25, 0.3) is 0 Å². The molecule has 2 aromatic rings. The Morgan fingerprint density at radius 1 is 1.33 bits per heavy atom. The lowest BCUT2D eigenvalue weighted by Crippen LogP contribution is -2.53. The molecule has 0 radical (unpaired) electrons. The van der Waals surface area contributed by atoms with Gasteiger partial charge in [-0.05, 0) is 16.8 Å². The molecule has 1 aliphatic heterocycles. The van der Waals surface area contributed by atoms with Gasteiger partial charge in [-0.1, -0.05) is 19.1 Å². The molecule has 1 fully saturated rings. The Hall–Kier alpha value is -1.87. The molecule has 9 heteroatoms. The average molecular weight is 306 g/mol. The molecule has 3 heterocycles. The van der Waals surface area contributed by atoms with Crippen molar-refractivity contribution >= 4 is 28.7 Å². The first-order valence-electron chi connectivity index (χ1n) is 7.01. The first kappa shape index (κ1) is 14.1. The van der Waals surface area contributed by atoms with E-state index in [9.17, 15) is 0 Å². The van der Waals surface area contributed by atoms with Crippen molar-refractivity contribution in [3.05, 3.63) is 12.4 Å². The molecule has 21 heavy (non-hydrogen) atoms. The number of nitrogens with zero attached hydrogens (tertiary/aromatic N) is 7. The Kier molecular flexibility index (Phi) is 3.93. The number of thiocarbonyl (C=S) groups is 1. The summed E-state index contributed by atoms with van der Waals surface area (Å²) in [5.41, 5.74) is 6.48. The van der Waals surface area contributed by atoms with E-state index in [1.54, 1.807) is 16.9 Å². The highest BCUT2D eigenvalue weighted by molar-refractivity contribution is 7.80. The van der Waals surface area contributed by atoms with Crippen LogP contribution in [0.4, 0.5) is 5.82 Å². The van der Waals surface area contributed by atoms with Crippen molar-refractivity contribution in [1.82, 2.24) is 29.9 Å². The lowest BCUT2D eigenvalue weighted by molar-refractivity contribution is 0.223. The molecule has 0 aromatic carbocycles. The van der Waals surface area contributed by atoms with Gasteiger partial charge >= 0.3 is 0 Å². The minimum Gasteiger partial charge on any atom is -0.392 e. The van der Waals surface area contributed by atoms with Crippen LogP contribution in [0.15, 0.2) is 12.4 Å². The van der Waals surface area contributed by atoms with Crippen LogP contribution in [-0.4, -0.2) is 67.1 Å². The van der Waals surface area contributed by atoms with Gasteiger partial charge in [0.2, 0.25) is 0 Å². The Balaban J connectivity index is 1.74. The van der Waals surface area contributed by atoms with Crippen molar-refractivity contribution in [2.24, 2.45) is 5.73 Å². The molecule has 1 atom stereocenters. The van der Waals surface area contributed by atoms with Crippen LogP contribution in [0.1, 0.15) is 13.3 Å². The number of hydrogen-bond donors (Lipinski definition) is 1. The second-order valence-corrected chi connectivity index (χ2v) is 5.54. The second kappa shape index (κ2) is 5.86. The van der Waals surface area contributed by atoms with Crippen molar-refractivity contribution in [2.45, 2.75) is 19.4 Å². The maximum absolute atomic E-state index is 5.82. The molecule has 112 valence electrons. The van der Waals surface area contributed by atoms with Crippen LogP contribution in [0.25, 0.3) is 5.65 Å². The topological polar surface area (TPSA) is 88.5 Å². The summed E-state index contributed by atoms with van der Waals surface area (Å²) in [7, 11) is 0. The van der Waals surface area contributed by atoms with Crippen LogP contribution in [0.2, 0.25) is 0 Å². The van der Waals surface area contributed by atoms with Crippen molar-refractivity contribution in [3.8, 4) is 0 Å². The van der Waals surface area contributed by atoms with Gasteiger partial charge in [-0.15, -0.1) is 5.10 Å². The zero-order chi connectivity index (χ0) is 14.8. The third-order valence-electron chi connectivity index (χ3n) is 3.88. The molecule has 8 nitrogen and oxygen atoms in total. The molecule has 0 amide bonds. The fourth-order valence-corrected chi connectivity index (χ4v) is 3.10. The quantitative estimate of drug-likeness (QED) is 0.771. The smallest absolute Gasteiger partial charge is 0.199 e. The molecular formula is C12H18N8S. The molecule has 0 saturated carbocycles. The Bertz CT molecular complexity index is 633. The number of tetrazole rings is 1. The third kappa shape index (κ3) is 2.66. The molecule has 0 spiro atoms. The highest BCUT2D eigenvalue weighted by Gasteiger charge is 2.25. The van der Waals surface area contributed by atoms with E-state index < -0.39 is 0 Å². The monoisotopic (exact) mass is 306 g/mol. The van der Waals surface area contributed by atoms with Gasteiger partial charge in [0, 0.05) is 26.2 Å². The minimum absolute atomic E-state index is 0.184. The summed E-state index contributed by atoms with van der Waals surface area (Å²) in [6.45, 7) is 5.68. The Morgan fingerprint density at radius 2 is 2.10 bits per heavy atom. The van der Waals surface area contributed by atoms with E-state index in [0.717, 1.165) is 38.4 Å². The minimum atomic E-state index is 0.184. The maximum atomic E-state index is 5.82. The summed E-state index contributed by atoms with van der Waals surface area (Å²) in [5, 5.41) is 11.6. The highest BCUT2D eigenvalue weighted by atomic mass is 32.1. The first-order valence-corrected chi connectivity index (χ1v) is 7.42. The molecule has 3 rings (SSSR count). The van der Waals surface area contributed by atoms with E-state index in [-0.39, 0.29) is 6.04 Å². The van der Waals surface area contributed by atoms with Crippen LogP contribution >= 0.6 is 12.2 Å². The van der Waals surface area contributed by atoms with E-state index in [1.807, 2.05) is 0 Å². The number of rotatable bonds is 4. The van der Waals surface area contributed by atoms with Crippen LogP contribution in [-0.2, 0) is 0 Å². The van der Waals surface area contributed by atoms with Crippen molar-refractivity contribution in [1.29, 1.82) is 0 Å². The second-order valence-electron chi connectivity index (χ2n) is 5.06. The predicted molar refractivity (Wildman–Crippen MR) is 83.2 cm³/mol. The fraction of sp³-hybridized carbons (Fsp3) is 0.583. The molecule has 1 saturated heterocycles. The van der Waals surface area contributed by atoms with Crippen LogP contribution in [0.5, 0.6) is 0 Å². The number of nitrogens with two attached hydrogens (primary N) is 1. The van der Waals surface area contributed by atoms with Gasteiger partial charge in [0.15, 0.2) is 11.5 Å². The molecule has 2 aromatic heterocycles. The van der Waals surface area contributed by atoms with E-state index in [4.69, 9.17) is 18.0 Å². The molecule has 0 bridgehead atoms. The van der Waals surface area contributed by atoms with E-state index >= 15 is 0 Å². The fourth-order valence-electron chi connectivity index (χ4n) is 2.78. The van der Waals surface area contributed by atoms with E-state index in [1.165, 1.54) is 0 Å². The van der Waals surface area contributed by atoms with E-state index in [0.29, 0.717) is 10.6 Å². The summed E-state index contributed by atoms with van der Waals surface area (Å²) in [4.78, 5) is 9.35. The Morgan fingerprint density at radius 3 is 2.76 bits per heavy atom. The maximum Gasteiger partial charge on any atom is 0.199 e. The number of aromatic nitrogens is 5. The number of hydrogen-bond acceptors (Lipinski definition) is 7. The number of anilines is 1. The van der Waals surface area contributed by atoms with Crippen molar-refractivity contribution in [3.63, 3.8) is 0 Å². The summed E-state index contributed by atoms with van der Waals surface area (Å²) in [6, 6.07) is 0.184. The van der Waals surface area contributed by atoms with Crippen LogP contribution in [0.3, 0.4) is 0 Å².